The highest BCUT2D eigenvalue weighted by Gasteiger charge is 2.60. The van der Waals surface area contributed by atoms with Gasteiger partial charge in [-0.2, -0.15) is 0 Å². The Kier molecular flexibility index (Phi) is 4.73. The molecule has 1 N–H and O–H groups in total. The summed E-state index contributed by atoms with van der Waals surface area (Å²) >= 11 is 0. The number of aliphatic carboxylic acids is 1. The molecule has 2 aliphatic heterocycles. The van der Waals surface area contributed by atoms with Crippen LogP contribution in [-0.2, 0) is 4.79 Å². The molecule has 2 bridgehead atoms. The third kappa shape index (κ3) is 2.48. The van der Waals surface area contributed by atoms with Crippen molar-refractivity contribution in [1.29, 1.82) is 0 Å². The first kappa shape index (κ1) is 18.4. The first-order valence-corrected chi connectivity index (χ1v) is 8.79. The second-order valence-electron chi connectivity index (χ2n) is 6.89. The van der Waals surface area contributed by atoms with Gasteiger partial charge in [-0.3, -0.25) is 9.59 Å². The third-order valence-corrected chi connectivity index (χ3v) is 5.97. The fourth-order valence-electron chi connectivity index (χ4n) is 4.59. The van der Waals surface area contributed by atoms with E-state index in [2.05, 4.69) is 0 Å². The van der Waals surface area contributed by atoms with E-state index < -0.39 is 11.4 Å². The van der Waals surface area contributed by atoms with E-state index >= 15 is 0 Å². The van der Waals surface area contributed by atoms with Gasteiger partial charge >= 0.3 is 5.97 Å². The Morgan fingerprint density at radius 2 is 1.73 bits per heavy atom. The summed E-state index contributed by atoms with van der Waals surface area (Å²) in [5.41, 5.74) is -0.498. The average Bonchev–Trinajstić information content (AvgIpc) is 3.22. The van der Waals surface area contributed by atoms with Crippen LogP contribution in [0.1, 0.15) is 43.0 Å². The van der Waals surface area contributed by atoms with Gasteiger partial charge in [0.2, 0.25) is 0 Å². The fourth-order valence-corrected chi connectivity index (χ4v) is 4.59. The molecule has 142 valence electrons. The summed E-state index contributed by atoms with van der Waals surface area (Å²) in [4.78, 5) is 27.0. The minimum absolute atomic E-state index is 0.0543. The largest absolute Gasteiger partial charge is 0.496 e. The molecule has 3 atom stereocenters. The van der Waals surface area contributed by atoms with Gasteiger partial charge in [0.25, 0.3) is 5.91 Å². The van der Waals surface area contributed by atoms with Crippen LogP contribution in [0.5, 0.6) is 17.2 Å². The number of methoxy groups -OCH3 is 3. The van der Waals surface area contributed by atoms with Crippen molar-refractivity contribution in [2.45, 2.75) is 44.7 Å². The van der Waals surface area contributed by atoms with E-state index in [1.807, 2.05) is 6.92 Å². The SMILES string of the molecule is CC[C@@]1(C(=O)O)C[C@@H]2CC[C@H]1N2C(=O)c1cc(OC)c(OC)cc1OC. The lowest BCUT2D eigenvalue weighted by Gasteiger charge is -2.32. The van der Waals surface area contributed by atoms with Gasteiger partial charge in [0.05, 0.1) is 32.3 Å². The Hall–Kier alpha value is -2.44. The van der Waals surface area contributed by atoms with Gasteiger partial charge in [0.15, 0.2) is 11.5 Å². The van der Waals surface area contributed by atoms with Crippen LogP contribution in [0.15, 0.2) is 12.1 Å². The molecule has 0 unspecified atom stereocenters. The van der Waals surface area contributed by atoms with Crippen molar-refractivity contribution in [1.82, 2.24) is 4.90 Å². The molecule has 0 radical (unpaired) electrons. The molecule has 2 saturated heterocycles. The highest BCUT2D eigenvalue weighted by atomic mass is 16.5. The lowest BCUT2D eigenvalue weighted by Crippen LogP contribution is -2.44. The summed E-state index contributed by atoms with van der Waals surface area (Å²) in [5.74, 6) is 0.259. The van der Waals surface area contributed by atoms with Crippen LogP contribution < -0.4 is 14.2 Å². The Balaban J connectivity index is 2.02. The van der Waals surface area contributed by atoms with Crippen molar-refractivity contribution >= 4 is 11.9 Å². The van der Waals surface area contributed by atoms with Crippen molar-refractivity contribution in [2.75, 3.05) is 21.3 Å². The molecule has 1 aromatic carbocycles. The highest BCUT2D eigenvalue weighted by Crippen LogP contribution is 2.52. The number of rotatable bonds is 6. The number of ether oxygens (including phenoxy) is 3. The van der Waals surface area contributed by atoms with E-state index in [-0.39, 0.29) is 18.0 Å². The van der Waals surface area contributed by atoms with E-state index in [4.69, 9.17) is 14.2 Å². The quantitative estimate of drug-likeness (QED) is 0.836. The van der Waals surface area contributed by atoms with Crippen molar-refractivity contribution < 1.29 is 28.9 Å². The lowest BCUT2D eigenvalue weighted by molar-refractivity contribution is -0.151. The van der Waals surface area contributed by atoms with Crippen LogP contribution in [0.3, 0.4) is 0 Å². The summed E-state index contributed by atoms with van der Waals surface area (Å²) in [7, 11) is 4.51. The number of fused-ring (bicyclic) bond motifs is 2. The molecule has 2 aliphatic rings. The van der Waals surface area contributed by atoms with Gasteiger partial charge in [-0.25, -0.2) is 0 Å². The lowest BCUT2D eigenvalue weighted by atomic mass is 9.72. The molecular weight excluding hydrogens is 338 g/mol. The number of carboxylic acid groups (broad SMARTS) is 1. The van der Waals surface area contributed by atoms with Crippen LogP contribution in [0, 0.1) is 5.41 Å². The maximum absolute atomic E-state index is 13.3. The Bertz CT molecular complexity index is 733. The minimum atomic E-state index is -0.859. The van der Waals surface area contributed by atoms with Crippen LogP contribution in [0.4, 0.5) is 0 Å². The summed E-state index contributed by atoms with van der Waals surface area (Å²) < 4.78 is 16.0. The number of benzene rings is 1. The Morgan fingerprint density at radius 1 is 1.12 bits per heavy atom. The number of carboxylic acids is 1. The van der Waals surface area contributed by atoms with Crippen LogP contribution >= 0.6 is 0 Å². The second kappa shape index (κ2) is 6.70. The van der Waals surface area contributed by atoms with Crippen molar-refractivity contribution in [3.63, 3.8) is 0 Å². The Labute approximate surface area is 152 Å². The Morgan fingerprint density at radius 3 is 2.23 bits per heavy atom. The number of carbonyl (C=O) groups excluding carboxylic acids is 1. The monoisotopic (exact) mass is 363 g/mol. The topological polar surface area (TPSA) is 85.3 Å². The van der Waals surface area contributed by atoms with Crippen LogP contribution in [0.25, 0.3) is 0 Å². The predicted molar refractivity (Wildman–Crippen MR) is 94.1 cm³/mol. The van der Waals surface area contributed by atoms with Gasteiger partial charge in [0, 0.05) is 24.2 Å². The number of carbonyl (C=O) groups is 2. The minimum Gasteiger partial charge on any atom is -0.496 e. The van der Waals surface area contributed by atoms with E-state index in [1.165, 1.54) is 21.3 Å². The molecule has 0 aliphatic carbocycles. The first-order valence-electron chi connectivity index (χ1n) is 8.79. The molecule has 7 heteroatoms. The number of amides is 1. The molecule has 0 aromatic heterocycles. The third-order valence-electron chi connectivity index (χ3n) is 5.97. The molecule has 2 heterocycles. The molecule has 0 spiro atoms. The molecule has 3 rings (SSSR count). The van der Waals surface area contributed by atoms with E-state index in [0.29, 0.717) is 42.1 Å². The summed E-state index contributed by atoms with van der Waals surface area (Å²) in [6.45, 7) is 1.88. The molecular formula is C19H25NO6. The van der Waals surface area contributed by atoms with Crippen molar-refractivity contribution in [2.24, 2.45) is 5.41 Å². The van der Waals surface area contributed by atoms with E-state index in [9.17, 15) is 14.7 Å². The van der Waals surface area contributed by atoms with Gasteiger partial charge in [-0.05, 0) is 25.7 Å². The fraction of sp³-hybridized carbons (Fsp3) is 0.579. The molecule has 26 heavy (non-hydrogen) atoms. The normalized spacial score (nSPS) is 26.7. The second-order valence-corrected chi connectivity index (χ2v) is 6.89. The average molecular weight is 363 g/mol. The van der Waals surface area contributed by atoms with Crippen LogP contribution in [0.2, 0.25) is 0 Å². The number of nitrogens with zero attached hydrogens (tertiary/aromatic N) is 1. The van der Waals surface area contributed by atoms with Crippen molar-refractivity contribution in [3.8, 4) is 17.2 Å². The van der Waals surface area contributed by atoms with Gasteiger partial charge in [-0.1, -0.05) is 6.92 Å². The molecule has 1 aromatic rings. The number of hydrogen-bond acceptors (Lipinski definition) is 5. The summed E-state index contributed by atoms with van der Waals surface area (Å²) in [6.07, 6.45) is 2.56. The van der Waals surface area contributed by atoms with Crippen LogP contribution in [-0.4, -0.2) is 55.3 Å². The maximum atomic E-state index is 13.3. The first-order chi connectivity index (χ1) is 12.4. The standard InChI is InChI=1S/C19H25NO6/c1-5-19(18(22)23)10-11-6-7-16(19)20(11)17(21)12-8-14(25-3)15(26-4)9-13(12)24-2/h8-9,11,16H,5-7,10H2,1-4H3,(H,22,23)/t11-,16+,19+/m0/s1. The highest BCUT2D eigenvalue weighted by molar-refractivity contribution is 5.99. The van der Waals surface area contributed by atoms with E-state index in [1.54, 1.807) is 17.0 Å². The predicted octanol–water partition coefficient (Wildman–Crippen LogP) is 2.57. The zero-order chi connectivity index (χ0) is 19.1. The molecule has 1 amide bonds. The van der Waals surface area contributed by atoms with Gasteiger partial charge in [0.1, 0.15) is 5.75 Å². The molecule has 0 saturated carbocycles. The molecule has 7 nitrogen and oxygen atoms in total. The van der Waals surface area contributed by atoms with Gasteiger partial charge in [-0.15, -0.1) is 0 Å². The van der Waals surface area contributed by atoms with Gasteiger partial charge < -0.3 is 24.2 Å². The zero-order valence-corrected chi connectivity index (χ0v) is 15.6. The smallest absolute Gasteiger partial charge is 0.311 e. The summed E-state index contributed by atoms with van der Waals surface area (Å²) in [6, 6.07) is 2.88. The maximum Gasteiger partial charge on any atom is 0.311 e. The summed E-state index contributed by atoms with van der Waals surface area (Å²) in [5, 5.41) is 9.81. The number of hydrogen-bond donors (Lipinski definition) is 1. The van der Waals surface area contributed by atoms with Crippen molar-refractivity contribution in [3.05, 3.63) is 17.7 Å². The molecule has 2 fully saturated rings. The zero-order valence-electron chi connectivity index (χ0n) is 15.6. The van der Waals surface area contributed by atoms with E-state index in [0.717, 1.165) is 6.42 Å².